The highest BCUT2D eigenvalue weighted by atomic mass is 16.3. The predicted molar refractivity (Wildman–Crippen MR) is 42.8 cm³/mol. The van der Waals surface area contributed by atoms with Crippen molar-refractivity contribution in [3.8, 4) is 0 Å². The standard InChI is InChI=1S/C9H14O/c1-8(10)9-6-4-2-3-5-7-9/h4,6-8,10H,2-3,5H2,1H3. The van der Waals surface area contributed by atoms with Crippen LogP contribution in [0, 0.1) is 0 Å². The average Bonchev–Trinajstić information content (AvgIpc) is 2.12. The molecule has 1 rings (SSSR count). The molecular formula is C9H14O. The molecule has 0 amide bonds. The Morgan fingerprint density at radius 2 is 2.30 bits per heavy atom. The fourth-order valence-electron chi connectivity index (χ4n) is 1.10. The maximum absolute atomic E-state index is 9.18. The largest absolute Gasteiger partial charge is 0.389 e. The van der Waals surface area contributed by atoms with E-state index in [0.29, 0.717) is 0 Å². The highest BCUT2D eigenvalue weighted by Crippen LogP contribution is 2.12. The summed E-state index contributed by atoms with van der Waals surface area (Å²) in [5, 5.41) is 9.18. The molecule has 0 radical (unpaired) electrons. The first-order valence-electron chi connectivity index (χ1n) is 3.85. The first-order valence-corrected chi connectivity index (χ1v) is 3.85. The minimum Gasteiger partial charge on any atom is -0.389 e. The Morgan fingerprint density at radius 3 is 3.00 bits per heavy atom. The zero-order chi connectivity index (χ0) is 7.40. The van der Waals surface area contributed by atoms with Crippen molar-refractivity contribution in [2.24, 2.45) is 0 Å². The lowest BCUT2D eigenvalue weighted by molar-refractivity contribution is 0.235. The number of hydrogen-bond acceptors (Lipinski definition) is 1. The topological polar surface area (TPSA) is 20.2 Å². The van der Waals surface area contributed by atoms with Gasteiger partial charge in [-0.2, -0.15) is 0 Å². The number of aliphatic hydroxyl groups excluding tert-OH is 1. The van der Waals surface area contributed by atoms with Crippen LogP contribution in [0.2, 0.25) is 0 Å². The molecule has 56 valence electrons. The van der Waals surface area contributed by atoms with Gasteiger partial charge in [-0.25, -0.2) is 0 Å². The molecule has 0 aliphatic heterocycles. The third-order valence-electron chi connectivity index (χ3n) is 1.75. The Bertz CT molecular complexity index is 154. The summed E-state index contributed by atoms with van der Waals surface area (Å²) in [6, 6.07) is 0. The van der Waals surface area contributed by atoms with Crippen LogP contribution in [0.5, 0.6) is 0 Å². The van der Waals surface area contributed by atoms with Gasteiger partial charge < -0.3 is 5.11 Å². The normalized spacial score (nSPS) is 21.6. The van der Waals surface area contributed by atoms with Crippen molar-refractivity contribution in [3.63, 3.8) is 0 Å². The van der Waals surface area contributed by atoms with E-state index in [-0.39, 0.29) is 6.10 Å². The van der Waals surface area contributed by atoms with E-state index in [1.807, 2.05) is 13.0 Å². The number of hydrogen-bond donors (Lipinski definition) is 1. The van der Waals surface area contributed by atoms with Gasteiger partial charge in [0.25, 0.3) is 0 Å². The van der Waals surface area contributed by atoms with Crippen molar-refractivity contribution < 1.29 is 5.11 Å². The Labute approximate surface area is 62.1 Å². The van der Waals surface area contributed by atoms with Gasteiger partial charge in [0.2, 0.25) is 0 Å². The Morgan fingerprint density at radius 1 is 1.50 bits per heavy atom. The quantitative estimate of drug-likeness (QED) is 0.588. The van der Waals surface area contributed by atoms with Gasteiger partial charge in [0.1, 0.15) is 0 Å². The highest BCUT2D eigenvalue weighted by molar-refractivity contribution is 5.23. The van der Waals surface area contributed by atoms with Gasteiger partial charge in [-0.1, -0.05) is 18.2 Å². The molecule has 0 heterocycles. The molecule has 0 fully saturated rings. The van der Waals surface area contributed by atoms with E-state index in [9.17, 15) is 5.11 Å². The zero-order valence-corrected chi connectivity index (χ0v) is 6.38. The second-order valence-corrected chi connectivity index (χ2v) is 2.71. The molecule has 0 saturated carbocycles. The van der Waals surface area contributed by atoms with E-state index >= 15 is 0 Å². The molecule has 1 N–H and O–H groups in total. The second-order valence-electron chi connectivity index (χ2n) is 2.71. The van der Waals surface area contributed by atoms with Crippen molar-refractivity contribution in [1.82, 2.24) is 0 Å². The fraction of sp³-hybridized carbons (Fsp3) is 0.556. The van der Waals surface area contributed by atoms with E-state index in [4.69, 9.17) is 0 Å². The van der Waals surface area contributed by atoms with Crippen LogP contribution in [0.3, 0.4) is 0 Å². The van der Waals surface area contributed by atoms with E-state index in [0.717, 1.165) is 18.4 Å². The smallest absolute Gasteiger partial charge is 0.0758 e. The summed E-state index contributed by atoms with van der Waals surface area (Å²) in [6.07, 6.45) is 9.44. The minimum atomic E-state index is -0.297. The molecule has 0 aromatic rings. The van der Waals surface area contributed by atoms with Crippen LogP contribution >= 0.6 is 0 Å². The van der Waals surface area contributed by atoms with E-state index in [1.165, 1.54) is 6.42 Å². The van der Waals surface area contributed by atoms with Crippen LogP contribution in [0.1, 0.15) is 26.2 Å². The summed E-state index contributed by atoms with van der Waals surface area (Å²) in [5.41, 5.74) is 1.07. The highest BCUT2D eigenvalue weighted by Gasteiger charge is 2.01. The maximum Gasteiger partial charge on any atom is 0.0758 e. The summed E-state index contributed by atoms with van der Waals surface area (Å²) >= 11 is 0. The lowest BCUT2D eigenvalue weighted by Gasteiger charge is -2.02. The minimum absolute atomic E-state index is 0.297. The Hall–Kier alpha value is -0.560. The van der Waals surface area contributed by atoms with Crippen LogP contribution in [-0.2, 0) is 0 Å². The molecule has 0 aromatic heterocycles. The molecule has 0 bridgehead atoms. The molecule has 1 atom stereocenters. The molecule has 0 spiro atoms. The van der Waals surface area contributed by atoms with Crippen LogP contribution in [-0.4, -0.2) is 11.2 Å². The van der Waals surface area contributed by atoms with Gasteiger partial charge in [0.15, 0.2) is 0 Å². The third kappa shape index (κ3) is 1.99. The van der Waals surface area contributed by atoms with Crippen LogP contribution in [0.25, 0.3) is 0 Å². The summed E-state index contributed by atoms with van der Waals surface area (Å²) in [7, 11) is 0. The SMILES string of the molecule is CC(O)C1=CCCCC=C1. The molecule has 10 heavy (non-hydrogen) atoms. The van der Waals surface area contributed by atoms with Crippen molar-refractivity contribution in [1.29, 1.82) is 0 Å². The summed E-state index contributed by atoms with van der Waals surface area (Å²) in [4.78, 5) is 0. The molecule has 1 nitrogen and oxygen atoms in total. The van der Waals surface area contributed by atoms with E-state index in [2.05, 4.69) is 12.2 Å². The molecule has 1 aliphatic carbocycles. The Kier molecular flexibility index (Phi) is 2.69. The summed E-state index contributed by atoms with van der Waals surface area (Å²) in [5.74, 6) is 0. The molecular weight excluding hydrogens is 124 g/mol. The first kappa shape index (κ1) is 7.55. The van der Waals surface area contributed by atoms with Crippen molar-refractivity contribution >= 4 is 0 Å². The third-order valence-corrected chi connectivity index (χ3v) is 1.75. The van der Waals surface area contributed by atoms with Gasteiger partial charge in [-0.05, 0) is 31.8 Å². The van der Waals surface area contributed by atoms with Crippen molar-refractivity contribution in [2.75, 3.05) is 0 Å². The molecule has 1 unspecified atom stereocenters. The van der Waals surface area contributed by atoms with Crippen LogP contribution in [0.4, 0.5) is 0 Å². The van der Waals surface area contributed by atoms with Crippen LogP contribution < -0.4 is 0 Å². The second kappa shape index (κ2) is 3.57. The Balaban J connectivity index is 2.61. The van der Waals surface area contributed by atoms with Gasteiger partial charge >= 0.3 is 0 Å². The average molecular weight is 138 g/mol. The van der Waals surface area contributed by atoms with Gasteiger partial charge in [0, 0.05) is 0 Å². The maximum atomic E-state index is 9.18. The van der Waals surface area contributed by atoms with Gasteiger partial charge in [-0.3, -0.25) is 0 Å². The van der Waals surface area contributed by atoms with E-state index < -0.39 is 0 Å². The first-order chi connectivity index (χ1) is 4.80. The van der Waals surface area contributed by atoms with Crippen molar-refractivity contribution in [3.05, 3.63) is 23.8 Å². The van der Waals surface area contributed by atoms with E-state index in [1.54, 1.807) is 0 Å². The predicted octanol–water partition coefficient (Wildman–Crippen LogP) is 2.03. The van der Waals surface area contributed by atoms with Crippen molar-refractivity contribution in [2.45, 2.75) is 32.3 Å². The monoisotopic (exact) mass is 138 g/mol. The van der Waals surface area contributed by atoms with Gasteiger partial charge in [0.05, 0.1) is 6.10 Å². The molecule has 1 aliphatic rings. The van der Waals surface area contributed by atoms with Gasteiger partial charge in [-0.15, -0.1) is 0 Å². The fourth-order valence-corrected chi connectivity index (χ4v) is 1.10. The van der Waals surface area contributed by atoms with Crippen LogP contribution in [0.15, 0.2) is 23.8 Å². The molecule has 0 saturated heterocycles. The lowest BCUT2D eigenvalue weighted by atomic mass is 10.1. The lowest BCUT2D eigenvalue weighted by Crippen LogP contribution is -2.01. The number of rotatable bonds is 1. The summed E-state index contributed by atoms with van der Waals surface area (Å²) < 4.78 is 0. The molecule has 0 aromatic carbocycles. The molecule has 1 heteroatoms. The summed E-state index contributed by atoms with van der Waals surface area (Å²) in [6.45, 7) is 1.81. The number of aliphatic hydroxyl groups is 1. The zero-order valence-electron chi connectivity index (χ0n) is 6.38. The number of allylic oxidation sites excluding steroid dienone is 2.